The summed E-state index contributed by atoms with van der Waals surface area (Å²) in [6.45, 7) is 8.42. The molecule has 1 atom stereocenters. The van der Waals surface area contributed by atoms with Crippen molar-refractivity contribution in [3.05, 3.63) is 6.33 Å². The van der Waals surface area contributed by atoms with Gasteiger partial charge in [-0.05, 0) is 32.4 Å². The Kier molecular flexibility index (Phi) is 6.04. The van der Waals surface area contributed by atoms with E-state index in [9.17, 15) is 0 Å². The van der Waals surface area contributed by atoms with Crippen molar-refractivity contribution in [2.75, 3.05) is 43.9 Å². The lowest BCUT2D eigenvalue weighted by Crippen LogP contribution is -2.34. The summed E-state index contributed by atoms with van der Waals surface area (Å²) < 4.78 is 5.48. The number of nitrogens with zero attached hydrogens (tertiary/aromatic N) is 3. The average Bonchev–Trinajstić information content (AvgIpc) is 2.98. The molecule has 1 unspecified atom stereocenters. The van der Waals surface area contributed by atoms with Crippen molar-refractivity contribution in [2.24, 2.45) is 0 Å². The molecule has 118 valence electrons. The van der Waals surface area contributed by atoms with Gasteiger partial charge in [-0.15, -0.1) is 0 Å². The number of aromatic nitrogens is 2. The van der Waals surface area contributed by atoms with Crippen LogP contribution < -0.4 is 15.4 Å². The van der Waals surface area contributed by atoms with Gasteiger partial charge in [0.15, 0.2) is 11.6 Å². The minimum Gasteiger partial charge on any atom is -0.490 e. The minimum atomic E-state index is 0.585. The van der Waals surface area contributed by atoms with Gasteiger partial charge in [0.1, 0.15) is 6.33 Å². The van der Waals surface area contributed by atoms with Crippen LogP contribution in [0.2, 0.25) is 0 Å². The van der Waals surface area contributed by atoms with Crippen molar-refractivity contribution in [1.29, 1.82) is 0 Å². The first-order chi connectivity index (χ1) is 10.3. The number of likely N-dealkylation sites (N-methyl/N-ethyl adjacent to an activating group) is 1. The zero-order chi connectivity index (χ0) is 15.1. The highest BCUT2D eigenvalue weighted by molar-refractivity contribution is 5.63. The summed E-state index contributed by atoms with van der Waals surface area (Å²) >= 11 is 0. The van der Waals surface area contributed by atoms with Gasteiger partial charge >= 0.3 is 0 Å². The Labute approximate surface area is 127 Å². The molecule has 2 rings (SSSR count). The highest BCUT2D eigenvalue weighted by Crippen LogP contribution is 2.29. The molecule has 1 saturated heterocycles. The SMILES string of the molecule is CCCNc1ncnc(NCC2CCCN2CC)c1OC. The maximum Gasteiger partial charge on any atom is 0.204 e. The summed E-state index contributed by atoms with van der Waals surface area (Å²) in [5.74, 6) is 2.23. The van der Waals surface area contributed by atoms with E-state index in [1.165, 1.54) is 19.4 Å². The molecule has 6 heteroatoms. The quantitative estimate of drug-likeness (QED) is 0.766. The molecule has 2 N–H and O–H groups in total. The lowest BCUT2D eigenvalue weighted by Gasteiger charge is -2.23. The third kappa shape index (κ3) is 3.97. The molecule has 1 fully saturated rings. The van der Waals surface area contributed by atoms with Crippen molar-refractivity contribution >= 4 is 11.6 Å². The second kappa shape index (κ2) is 8.02. The van der Waals surface area contributed by atoms with Crippen LogP contribution in [0.3, 0.4) is 0 Å². The highest BCUT2D eigenvalue weighted by Gasteiger charge is 2.23. The van der Waals surface area contributed by atoms with Crippen LogP contribution in [-0.2, 0) is 0 Å². The van der Waals surface area contributed by atoms with E-state index in [0.717, 1.165) is 37.7 Å². The smallest absolute Gasteiger partial charge is 0.204 e. The molecule has 0 aromatic carbocycles. The summed E-state index contributed by atoms with van der Waals surface area (Å²) in [7, 11) is 1.66. The monoisotopic (exact) mass is 293 g/mol. The van der Waals surface area contributed by atoms with Crippen molar-refractivity contribution in [3.63, 3.8) is 0 Å². The fraction of sp³-hybridized carbons (Fsp3) is 0.733. The van der Waals surface area contributed by atoms with Gasteiger partial charge in [-0.25, -0.2) is 9.97 Å². The number of likely N-dealkylation sites (tertiary alicyclic amines) is 1. The van der Waals surface area contributed by atoms with Gasteiger partial charge in [-0.3, -0.25) is 4.90 Å². The van der Waals surface area contributed by atoms with Gasteiger partial charge in [0, 0.05) is 19.1 Å². The summed E-state index contributed by atoms with van der Waals surface area (Å²) in [5, 5.41) is 6.71. The van der Waals surface area contributed by atoms with Gasteiger partial charge in [0.25, 0.3) is 0 Å². The molecular weight excluding hydrogens is 266 g/mol. The Morgan fingerprint density at radius 1 is 1.29 bits per heavy atom. The fourth-order valence-corrected chi connectivity index (χ4v) is 2.82. The third-order valence-electron chi connectivity index (χ3n) is 3.96. The molecule has 0 amide bonds. The largest absolute Gasteiger partial charge is 0.490 e. The average molecular weight is 293 g/mol. The van der Waals surface area contributed by atoms with Gasteiger partial charge in [0.2, 0.25) is 5.75 Å². The molecule has 21 heavy (non-hydrogen) atoms. The standard InChI is InChI=1S/C15H27N5O/c1-4-8-16-14-13(21-3)15(19-11-18-14)17-10-12-7-6-9-20(12)5-2/h11-12H,4-10H2,1-3H3,(H2,16,17,18,19). The number of hydrogen-bond donors (Lipinski definition) is 2. The second-order valence-corrected chi connectivity index (χ2v) is 5.34. The maximum absolute atomic E-state index is 5.48. The first-order valence-electron chi connectivity index (χ1n) is 7.90. The molecule has 0 saturated carbocycles. The van der Waals surface area contributed by atoms with Crippen LogP contribution in [0.25, 0.3) is 0 Å². The van der Waals surface area contributed by atoms with E-state index < -0.39 is 0 Å². The van der Waals surface area contributed by atoms with Crippen LogP contribution in [0.1, 0.15) is 33.1 Å². The lowest BCUT2D eigenvalue weighted by molar-refractivity contribution is 0.276. The van der Waals surface area contributed by atoms with Crippen molar-refractivity contribution in [2.45, 2.75) is 39.2 Å². The molecule has 2 heterocycles. The van der Waals surface area contributed by atoms with Crippen LogP contribution in [0, 0.1) is 0 Å². The summed E-state index contributed by atoms with van der Waals surface area (Å²) in [4.78, 5) is 11.1. The number of anilines is 2. The normalized spacial score (nSPS) is 18.7. The molecule has 0 aliphatic carbocycles. The van der Waals surface area contributed by atoms with E-state index in [2.05, 4.69) is 39.3 Å². The van der Waals surface area contributed by atoms with Crippen LogP contribution in [-0.4, -0.2) is 54.2 Å². The molecule has 0 radical (unpaired) electrons. The summed E-state index contributed by atoms with van der Waals surface area (Å²) in [5.41, 5.74) is 0. The van der Waals surface area contributed by atoms with Crippen molar-refractivity contribution in [3.8, 4) is 5.75 Å². The summed E-state index contributed by atoms with van der Waals surface area (Å²) in [6, 6.07) is 0.585. The molecule has 1 aromatic rings. The Morgan fingerprint density at radius 2 is 2.05 bits per heavy atom. The molecule has 0 bridgehead atoms. The molecule has 1 aromatic heterocycles. The maximum atomic E-state index is 5.48. The molecule has 1 aliphatic rings. The zero-order valence-electron chi connectivity index (χ0n) is 13.4. The number of ether oxygens (including phenoxy) is 1. The molecule has 6 nitrogen and oxygen atoms in total. The zero-order valence-corrected chi connectivity index (χ0v) is 13.4. The van der Waals surface area contributed by atoms with Crippen LogP contribution >= 0.6 is 0 Å². The Hall–Kier alpha value is -1.56. The van der Waals surface area contributed by atoms with Gasteiger partial charge < -0.3 is 15.4 Å². The van der Waals surface area contributed by atoms with Gasteiger partial charge in [-0.2, -0.15) is 0 Å². The second-order valence-electron chi connectivity index (χ2n) is 5.34. The third-order valence-corrected chi connectivity index (χ3v) is 3.96. The Bertz CT molecular complexity index is 440. The Balaban J connectivity index is 2.01. The lowest BCUT2D eigenvalue weighted by atomic mass is 10.2. The first kappa shape index (κ1) is 15.8. The van der Waals surface area contributed by atoms with Crippen molar-refractivity contribution < 1.29 is 4.74 Å². The molecule has 1 aliphatic heterocycles. The predicted octanol–water partition coefficient (Wildman–Crippen LogP) is 2.20. The van der Waals surface area contributed by atoms with E-state index in [0.29, 0.717) is 11.8 Å². The van der Waals surface area contributed by atoms with Gasteiger partial charge in [-0.1, -0.05) is 13.8 Å². The topological polar surface area (TPSA) is 62.3 Å². The predicted molar refractivity (Wildman–Crippen MR) is 86.1 cm³/mol. The number of methoxy groups -OCH3 is 1. The van der Waals surface area contributed by atoms with E-state index in [-0.39, 0.29) is 0 Å². The van der Waals surface area contributed by atoms with E-state index >= 15 is 0 Å². The van der Waals surface area contributed by atoms with E-state index in [1.807, 2.05) is 0 Å². The number of rotatable bonds is 8. The molecule has 0 spiro atoms. The summed E-state index contributed by atoms with van der Waals surface area (Å²) in [6.07, 6.45) is 5.15. The molecular formula is C15H27N5O. The first-order valence-corrected chi connectivity index (χ1v) is 7.90. The van der Waals surface area contributed by atoms with Gasteiger partial charge in [0.05, 0.1) is 7.11 Å². The Morgan fingerprint density at radius 3 is 2.71 bits per heavy atom. The fourth-order valence-electron chi connectivity index (χ4n) is 2.82. The van der Waals surface area contributed by atoms with E-state index in [1.54, 1.807) is 13.4 Å². The van der Waals surface area contributed by atoms with E-state index in [4.69, 9.17) is 4.74 Å². The van der Waals surface area contributed by atoms with Crippen LogP contribution in [0.15, 0.2) is 6.33 Å². The minimum absolute atomic E-state index is 0.585. The number of nitrogens with one attached hydrogen (secondary N) is 2. The van der Waals surface area contributed by atoms with Crippen LogP contribution in [0.4, 0.5) is 11.6 Å². The number of hydrogen-bond acceptors (Lipinski definition) is 6. The highest BCUT2D eigenvalue weighted by atomic mass is 16.5. The van der Waals surface area contributed by atoms with Crippen molar-refractivity contribution in [1.82, 2.24) is 14.9 Å². The van der Waals surface area contributed by atoms with Crippen LogP contribution in [0.5, 0.6) is 5.75 Å².